The molecule has 0 aromatic carbocycles. The van der Waals surface area contributed by atoms with Gasteiger partial charge in [0.15, 0.2) is 0 Å². The Labute approximate surface area is 155 Å². The molecule has 2 aromatic rings. The lowest BCUT2D eigenvalue weighted by Crippen LogP contribution is -2.35. The number of aromatic nitrogens is 2. The van der Waals surface area contributed by atoms with Crippen molar-refractivity contribution in [3.63, 3.8) is 0 Å². The van der Waals surface area contributed by atoms with Crippen molar-refractivity contribution in [1.82, 2.24) is 14.9 Å². The van der Waals surface area contributed by atoms with Gasteiger partial charge in [-0.2, -0.15) is 13.2 Å². The summed E-state index contributed by atoms with van der Waals surface area (Å²) in [5.41, 5.74) is 0.191. The van der Waals surface area contributed by atoms with E-state index in [1.54, 1.807) is 11.3 Å². The number of aryl methyl sites for hydroxylation is 2. The monoisotopic (exact) mass is 385 g/mol. The fourth-order valence-corrected chi connectivity index (χ4v) is 4.08. The quantitative estimate of drug-likeness (QED) is 0.761. The number of likely N-dealkylation sites (tertiary alicyclic amines) is 1. The van der Waals surface area contributed by atoms with Gasteiger partial charge >= 0.3 is 6.18 Å². The second kappa shape index (κ2) is 7.92. The van der Waals surface area contributed by atoms with Crippen molar-refractivity contribution in [3.05, 3.63) is 39.6 Å². The number of thiazole rings is 1. The first kappa shape index (κ1) is 19.1. The lowest BCUT2D eigenvalue weighted by molar-refractivity contribution is -0.141. The fraction of sp³-hybridized carbons (Fsp3) is 0.556. The number of nitrogens with zero attached hydrogens (tertiary/aromatic N) is 3. The molecule has 26 heavy (non-hydrogen) atoms. The summed E-state index contributed by atoms with van der Waals surface area (Å²) in [6.45, 7) is 7.36. The van der Waals surface area contributed by atoms with Crippen LogP contribution < -0.4 is 4.74 Å². The number of hydrogen-bond acceptors (Lipinski definition) is 5. The van der Waals surface area contributed by atoms with Crippen LogP contribution in [0.4, 0.5) is 13.2 Å². The zero-order chi connectivity index (χ0) is 18.7. The summed E-state index contributed by atoms with van der Waals surface area (Å²) in [6.07, 6.45) is -1.35. The van der Waals surface area contributed by atoms with Gasteiger partial charge in [-0.15, -0.1) is 11.3 Å². The molecule has 2 aromatic heterocycles. The Morgan fingerprint density at radius 3 is 2.62 bits per heavy atom. The molecular formula is C18H22F3N3OS. The molecule has 3 rings (SSSR count). The van der Waals surface area contributed by atoms with E-state index in [1.807, 2.05) is 13.8 Å². The van der Waals surface area contributed by atoms with Crippen LogP contribution in [0.25, 0.3) is 0 Å². The van der Waals surface area contributed by atoms with E-state index in [0.717, 1.165) is 55.4 Å². The topological polar surface area (TPSA) is 38.2 Å². The number of halogens is 3. The molecule has 0 saturated carbocycles. The van der Waals surface area contributed by atoms with E-state index in [1.165, 1.54) is 10.9 Å². The van der Waals surface area contributed by atoms with Crippen LogP contribution in [0.5, 0.6) is 5.75 Å². The highest BCUT2D eigenvalue weighted by molar-refractivity contribution is 7.11. The van der Waals surface area contributed by atoms with Crippen LogP contribution in [0.3, 0.4) is 0 Å². The van der Waals surface area contributed by atoms with Crippen molar-refractivity contribution < 1.29 is 17.9 Å². The number of hydrogen-bond donors (Lipinski definition) is 0. The average Bonchev–Trinajstić information content (AvgIpc) is 2.91. The van der Waals surface area contributed by atoms with Crippen LogP contribution in [0.1, 0.15) is 34.1 Å². The predicted molar refractivity (Wildman–Crippen MR) is 94.3 cm³/mol. The van der Waals surface area contributed by atoms with E-state index >= 15 is 0 Å². The number of piperidine rings is 1. The Hall–Kier alpha value is -1.67. The second-order valence-corrected chi connectivity index (χ2v) is 7.93. The average molecular weight is 385 g/mol. The van der Waals surface area contributed by atoms with Crippen molar-refractivity contribution in [1.29, 1.82) is 0 Å². The molecule has 3 heterocycles. The number of pyridine rings is 1. The van der Waals surface area contributed by atoms with Crippen molar-refractivity contribution >= 4 is 11.3 Å². The molecule has 0 radical (unpaired) electrons. The summed E-state index contributed by atoms with van der Waals surface area (Å²) in [7, 11) is 0. The van der Waals surface area contributed by atoms with Crippen LogP contribution in [-0.4, -0.2) is 34.6 Å². The van der Waals surface area contributed by atoms with Gasteiger partial charge in [-0.3, -0.25) is 9.88 Å². The third-order valence-corrected chi connectivity index (χ3v) is 5.64. The number of rotatable bonds is 5. The van der Waals surface area contributed by atoms with Gasteiger partial charge in [0.05, 0.1) is 17.3 Å². The lowest BCUT2D eigenvalue weighted by atomic mass is 9.98. The standard InChI is InChI=1S/C18H22F3N3OS/c1-12-16(26-13(2)23-12)10-24-7-4-14(5-8-24)11-25-15-3-6-22-17(9-15)18(19,20)21/h3,6,9,14H,4-5,7-8,10-11H2,1-2H3. The molecule has 1 saturated heterocycles. The van der Waals surface area contributed by atoms with Gasteiger partial charge in [0.25, 0.3) is 0 Å². The van der Waals surface area contributed by atoms with Crippen molar-refractivity contribution in [2.24, 2.45) is 5.92 Å². The number of ether oxygens (including phenoxy) is 1. The molecule has 8 heteroatoms. The Balaban J connectivity index is 1.46. The maximum absolute atomic E-state index is 12.7. The molecule has 0 bridgehead atoms. The Bertz CT molecular complexity index is 740. The first-order valence-corrected chi connectivity index (χ1v) is 9.44. The van der Waals surface area contributed by atoms with Gasteiger partial charge in [-0.25, -0.2) is 4.98 Å². The highest BCUT2D eigenvalue weighted by Gasteiger charge is 2.32. The minimum atomic E-state index is -4.45. The van der Waals surface area contributed by atoms with Crippen molar-refractivity contribution in [2.75, 3.05) is 19.7 Å². The van der Waals surface area contributed by atoms with E-state index < -0.39 is 11.9 Å². The third-order valence-electron chi connectivity index (χ3n) is 4.58. The summed E-state index contributed by atoms with van der Waals surface area (Å²) >= 11 is 1.74. The molecule has 1 aliphatic rings. The first-order valence-electron chi connectivity index (χ1n) is 8.62. The zero-order valence-corrected chi connectivity index (χ0v) is 15.7. The maximum Gasteiger partial charge on any atom is 0.433 e. The smallest absolute Gasteiger partial charge is 0.433 e. The van der Waals surface area contributed by atoms with Gasteiger partial charge in [-0.1, -0.05) is 0 Å². The Morgan fingerprint density at radius 1 is 1.27 bits per heavy atom. The summed E-state index contributed by atoms with van der Waals surface area (Å²) < 4.78 is 43.7. The van der Waals surface area contributed by atoms with Gasteiger partial charge < -0.3 is 4.74 Å². The largest absolute Gasteiger partial charge is 0.493 e. The Kier molecular flexibility index (Phi) is 5.82. The molecule has 0 aliphatic carbocycles. The molecule has 1 aliphatic heterocycles. The van der Waals surface area contributed by atoms with E-state index in [9.17, 15) is 13.2 Å². The van der Waals surface area contributed by atoms with Crippen LogP contribution in [0.2, 0.25) is 0 Å². The highest BCUT2D eigenvalue weighted by atomic mass is 32.1. The summed E-state index contributed by atoms with van der Waals surface area (Å²) in [5, 5.41) is 1.09. The second-order valence-electron chi connectivity index (χ2n) is 6.65. The molecule has 0 unspecified atom stereocenters. The van der Waals surface area contributed by atoms with E-state index in [-0.39, 0.29) is 5.75 Å². The van der Waals surface area contributed by atoms with Gasteiger partial charge in [0.2, 0.25) is 0 Å². The SMILES string of the molecule is Cc1nc(C)c(CN2CCC(COc3ccnc(C(F)(F)F)c3)CC2)s1. The molecule has 0 spiro atoms. The molecule has 142 valence electrons. The van der Waals surface area contributed by atoms with E-state index in [2.05, 4.69) is 14.9 Å². The minimum absolute atomic E-state index is 0.227. The van der Waals surface area contributed by atoms with E-state index in [0.29, 0.717) is 12.5 Å². The van der Waals surface area contributed by atoms with Gasteiger partial charge in [0.1, 0.15) is 11.4 Å². The predicted octanol–water partition coefficient (Wildman–Crippen LogP) is 4.46. The summed E-state index contributed by atoms with van der Waals surface area (Å²) in [5.74, 6) is 0.587. The molecule has 1 fully saturated rings. The zero-order valence-electron chi connectivity index (χ0n) is 14.8. The summed E-state index contributed by atoms with van der Waals surface area (Å²) in [4.78, 5) is 11.5. The van der Waals surface area contributed by atoms with Crippen molar-refractivity contribution in [3.8, 4) is 5.75 Å². The van der Waals surface area contributed by atoms with Crippen molar-refractivity contribution in [2.45, 2.75) is 39.4 Å². The highest BCUT2D eigenvalue weighted by Crippen LogP contribution is 2.30. The normalized spacial score (nSPS) is 16.8. The van der Waals surface area contributed by atoms with Gasteiger partial charge in [0, 0.05) is 23.7 Å². The lowest BCUT2D eigenvalue weighted by Gasteiger charge is -2.31. The fourth-order valence-electron chi connectivity index (χ4n) is 3.10. The van der Waals surface area contributed by atoms with Crippen LogP contribution in [0, 0.1) is 19.8 Å². The molecule has 0 amide bonds. The minimum Gasteiger partial charge on any atom is -0.493 e. The van der Waals surface area contributed by atoms with E-state index in [4.69, 9.17) is 4.74 Å². The van der Waals surface area contributed by atoms with Crippen LogP contribution >= 0.6 is 11.3 Å². The molecular weight excluding hydrogens is 363 g/mol. The molecule has 0 atom stereocenters. The van der Waals surface area contributed by atoms with Crippen LogP contribution in [0.15, 0.2) is 18.3 Å². The molecule has 4 nitrogen and oxygen atoms in total. The molecule has 0 N–H and O–H groups in total. The first-order chi connectivity index (χ1) is 12.3. The third kappa shape index (κ3) is 4.94. The van der Waals surface area contributed by atoms with Crippen LogP contribution in [-0.2, 0) is 12.7 Å². The van der Waals surface area contributed by atoms with Gasteiger partial charge in [-0.05, 0) is 51.8 Å². The number of alkyl halides is 3. The maximum atomic E-state index is 12.7. The summed E-state index contributed by atoms with van der Waals surface area (Å²) in [6, 6.07) is 2.43. The Morgan fingerprint density at radius 2 is 2.00 bits per heavy atom.